The van der Waals surface area contributed by atoms with E-state index in [-0.39, 0.29) is 17.7 Å². The predicted molar refractivity (Wildman–Crippen MR) is 133 cm³/mol. The van der Waals surface area contributed by atoms with Crippen LogP contribution in [0.5, 0.6) is 11.5 Å². The molecule has 0 aromatic heterocycles. The first kappa shape index (κ1) is 24.9. The Morgan fingerprint density at radius 3 is 2.03 bits per heavy atom. The number of hydrogen-bond donors (Lipinski definition) is 1. The minimum absolute atomic E-state index is 0.220. The Bertz CT molecular complexity index is 1200. The van der Waals surface area contributed by atoms with E-state index in [1.807, 2.05) is 34.6 Å². The standard InChI is InChI=1S/C28H34N2O5/c1-7-14-28(6,9-3)30-24(32)20-13-11-18(16-22(20)26(30)34)35-17-10-12-19-21(15-17)25(33)29(23(19)31)27(4,5)8-2/h10-13,15-16,24,32H,7-9,14H2,1-6H3. The van der Waals surface area contributed by atoms with E-state index in [0.717, 1.165) is 19.3 Å². The fraction of sp³-hybridized carbons (Fsp3) is 0.464. The molecule has 3 amide bonds. The largest absolute Gasteiger partial charge is 0.457 e. The van der Waals surface area contributed by atoms with Crippen LogP contribution in [0.3, 0.4) is 0 Å². The lowest BCUT2D eigenvalue weighted by molar-refractivity contribution is -0.0387. The van der Waals surface area contributed by atoms with Gasteiger partial charge in [0.15, 0.2) is 6.23 Å². The lowest BCUT2D eigenvalue weighted by atomic mass is 9.91. The topological polar surface area (TPSA) is 87.2 Å². The van der Waals surface area contributed by atoms with Crippen molar-refractivity contribution in [2.24, 2.45) is 0 Å². The molecule has 2 aromatic rings. The van der Waals surface area contributed by atoms with Crippen LogP contribution in [0.4, 0.5) is 0 Å². The van der Waals surface area contributed by atoms with Crippen LogP contribution in [0, 0.1) is 0 Å². The molecular weight excluding hydrogens is 444 g/mol. The summed E-state index contributed by atoms with van der Waals surface area (Å²) in [7, 11) is 0. The van der Waals surface area contributed by atoms with Crippen LogP contribution in [0.25, 0.3) is 0 Å². The summed E-state index contributed by atoms with van der Waals surface area (Å²) in [6.07, 6.45) is 2.06. The van der Waals surface area contributed by atoms with E-state index in [9.17, 15) is 19.5 Å². The monoisotopic (exact) mass is 478 g/mol. The number of aliphatic hydroxyl groups is 1. The van der Waals surface area contributed by atoms with E-state index in [1.165, 1.54) is 4.90 Å². The smallest absolute Gasteiger partial charge is 0.262 e. The van der Waals surface area contributed by atoms with Crippen LogP contribution < -0.4 is 4.74 Å². The molecule has 0 saturated carbocycles. The van der Waals surface area contributed by atoms with Gasteiger partial charge in [-0.05, 0) is 70.4 Å². The zero-order valence-corrected chi connectivity index (χ0v) is 21.3. The number of hydrogen-bond acceptors (Lipinski definition) is 5. The Labute approximate surface area is 206 Å². The van der Waals surface area contributed by atoms with Gasteiger partial charge in [0, 0.05) is 16.6 Å². The molecule has 0 bridgehead atoms. The molecule has 0 radical (unpaired) electrons. The summed E-state index contributed by atoms with van der Waals surface area (Å²) >= 11 is 0. The van der Waals surface area contributed by atoms with Gasteiger partial charge in [0.25, 0.3) is 17.7 Å². The molecule has 35 heavy (non-hydrogen) atoms. The number of benzene rings is 2. The van der Waals surface area contributed by atoms with Crippen molar-refractivity contribution in [2.75, 3.05) is 0 Å². The Morgan fingerprint density at radius 2 is 1.43 bits per heavy atom. The number of rotatable bonds is 8. The molecule has 186 valence electrons. The van der Waals surface area contributed by atoms with E-state index in [1.54, 1.807) is 41.3 Å². The molecule has 0 spiro atoms. The van der Waals surface area contributed by atoms with E-state index in [2.05, 4.69) is 6.92 Å². The van der Waals surface area contributed by atoms with Gasteiger partial charge in [-0.2, -0.15) is 0 Å². The third kappa shape index (κ3) is 3.92. The van der Waals surface area contributed by atoms with E-state index in [0.29, 0.717) is 40.2 Å². The van der Waals surface area contributed by atoms with Crippen LogP contribution >= 0.6 is 0 Å². The van der Waals surface area contributed by atoms with Gasteiger partial charge in [-0.15, -0.1) is 0 Å². The number of carbonyl (C=O) groups excluding carboxylic acids is 3. The van der Waals surface area contributed by atoms with Crippen LogP contribution in [-0.2, 0) is 0 Å². The molecule has 1 N–H and O–H groups in total. The summed E-state index contributed by atoms with van der Waals surface area (Å²) in [5, 5.41) is 10.9. The molecule has 7 nitrogen and oxygen atoms in total. The second-order valence-corrected chi connectivity index (χ2v) is 10.3. The first-order valence-electron chi connectivity index (χ1n) is 12.4. The maximum Gasteiger partial charge on any atom is 0.262 e. The second kappa shape index (κ2) is 8.79. The van der Waals surface area contributed by atoms with Gasteiger partial charge in [-0.3, -0.25) is 19.3 Å². The molecule has 2 unspecified atom stereocenters. The molecule has 2 aliphatic rings. The highest BCUT2D eigenvalue weighted by Gasteiger charge is 2.45. The summed E-state index contributed by atoms with van der Waals surface area (Å²) < 4.78 is 6.00. The third-order valence-corrected chi connectivity index (χ3v) is 7.69. The first-order valence-corrected chi connectivity index (χ1v) is 12.4. The SMILES string of the molecule is CCCC(C)(CC)N1C(=O)c2cc(Oc3ccc4c(c3)C(=O)N(C(C)(C)CC)C4=O)ccc2C1O. The van der Waals surface area contributed by atoms with Crippen molar-refractivity contribution in [3.05, 3.63) is 58.7 Å². The molecule has 0 aliphatic carbocycles. The highest BCUT2D eigenvalue weighted by molar-refractivity contribution is 6.22. The summed E-state index contributed by atoms with van der Waals surface area (Å²) in [4.78, 5) is 42.1. The molecular formula is C28H34N2O5. The average molecular weight is 479 g/mol. The zero-order chi connectivity index (χ0) is 25.7. The summed E-state index contributed by atoms with van der Waals surface area (Å²) in [5.74, 6) is -0.0370. The highest BCUT2D eigenvalue weighted by Crippen LogP contribution is 2.42. The number of imide groups is 1. The van der Waals surface area contributed by atoms with Crippen LogP contribution in [-0.4, -0.2) is 43.7 Å². The maximum atomic E-state index is 13.3. The van der Waals surface area contributed by atoms with Crippen LogP contribution in [0.1, 0.15) is 110 Å². The fourth-order valence-corrected chi connectivity index (χ4v) is 5.06. The lowest BCUT2D eigenvalue weighted by Gasteiger charge is -2.40. The average Bonchev–Trinajstić information content (AvgIpc) is 3.23. The Kier molecular flexibility index (Phi) is 6.26. The minimum Gasteiger partial charge on any atom is -0.457 e. The van der Waals surface area contributed by atoms with Gasteiger partial charge < -0.3 is 14.7 Å². The summed E-state index contributed by atoms with van der Waals surface area (Å²) in [6.45, 7) is 11.8. The van der Waals surface area contributed by atoms with Crippen molar-refractivity contribution in [3.8, 4) is 11.5 Å². The molecule has 4 rings (SSSR count). The number of nitrogens with zero attached hydrogens (tertiary/aromatic N) is 2. The molecule has 2 aliphatic heterocycles. The van der Waals surface area contributed by atoms with E-state index in [4.69, 9.17) is 4.74 Å². The number of amides is 3. The molecule has 7 heteroatoms. The van der Waals surface area contributed by atoms with Gasteiger partial charge in [0.1, 0.15) is 11.5 Å². The van der Waals surface area contributed by atoms with Crippen LogP contribution in [0.2, 0.25) is 0 Å². The number of aliphatic hydroxyl groups excluding tert-OH is 1. The van der Waals surface area contributed by atoms with Crippen molar-refractivity contribution in [1.29, 1.82) is 0 Å². The van der Waals surface area contributed by atoms with Crippen molar-refractivity contribution in [3.63, 3.8) is 0 Å². The van der Waals surface area contributed by atoms with Crippen molar-refractivity contribution < 1.29 is 24.2 Å². The fourth-order valence-electron chi connectivity index (χ4n) is 5.06. The van der Waals surface area contributed by atoms with Gasteiger partial charge in [0.05, 0.1) is 16.7 Å². The predicted octanol–water partition coefficient (Wildman–Crippen LogP) is 5.68. The van der Waals surface area contributed by atoms with E-state index < -0.39 is 17.3 Å². The first-order chi connectivity index (χ1) is 16.5. The van der Waals surface area contributed by atoms with Crippen molar-refractivity contribution >= 4 is 17.7 Å². The Balaban J connectivity index is 1.61. The van der Waals surface area contributed by atoms with Gasteiger partial charge in [-0.25, -0.2) is 0 Å². The highest BCUT2D eigenvalue weighted by atomic mass is 16.5. The normalized spacial score (nSPS) is 19.2. The molecule has 0 saturated heterocycles. The number of carbonyl (C=O) groups is 3. The number of fused-ring (bicyclic) bond motifs is 2. The second-order valence-electron chi connectivity index (χ2n) is 10.3. The lowest BCUT2D eigenvalue weighted by Crippen LogP contribution is -2.48. The molecule has 2 aromatic carbocycles. The zero-order valence-electron chi connectivity index (χ0n) is 21.3. The van der Waals surface area contributed by atoms with Crippen molar-refractivity contribution in [1.82, 2.24) is 9.80 Å². The quantitative estimate of drug-likeness (QED) is 0.493. The van der Waals surface area contributed by atoms with Gasteiger partial charge in [0.2, 0.25) is 0 Å². The van der Waals surface area contributed by atoms with Crippen molar-refractivity contribution in [2.45, 2.75) is 84.5 Å². The maximum absolute atomic E-state index is 13.3. The summed E-state index contributed by atoms with van der Waals surface area (Å²) in [6, 6.07) is 9.89. The summed E-state index contributed by atoms with van der Waals surface area (Å²) in [5.41, 5.74) is 0.606. The van der Waals surface area contributed by atoms with Gasteiger partial charge in [-0.1, -0.05) is 33.3 Å². The number of ether oxygens (including phenoxy) is 1. The Hall–Kier alpha value is -3.19. The molecule has 0 fully saturated rings. The van der Waals surface area contributed by atoms with E-state index >= 15 is 0 Å². The molecule has 2 atom stereocenters. The van der Waals surface area contributed by atoms with Crippen LogP contribution in [0.15, 0.2) is 36.4 Å². The molecule has 2 heterocycles. The minimum atomic E-state index is -1.00. The van der Waals surface area contributed by atoms with Gasteiger partial charge >= 0.3 is 0 Å². The Morgan fingerprint density at radius 1 is 0.829 bits per heavy atom. The third-order valence-electron chi connectivity index (χ3n) is 7.69.